The normalized spacial score (nSPS) is 11.8. The maximum atomic E-state index is 12.8. The first kappa shape index (κ1) is 23.0. The first-order valence-electron chi connectivity index (χ1n) is 11.1. The maximum Gasteiger partial charge on any atom is 0.340 e. The lowest BCUT2D eigenvalue weighted by Crippen LogP contribution is -2.34. The number of carbonyl (C=O) groups excluding carboxylic acids is 2. The van der Waals surface area contributed by atoms with E-state index in [9.17, 15) is 9.59 Å². The molecule has 0 radical (unpaired) electrons. The molecule has 1 amide bonds. The van der Waals surface area contributed by atoms with Gasteiger partial charge in [0.2, 0.25) is 0 Å². The number of imidazole rings is 1. The number of nitrogens with zero attached hydrogens (tertiary/aromatic N) is 3. The molecule has 4 rings (SSSR count). The molecule has 0 aliphatic carbocycles. The Morgan fingerprint density at radius 3 is 2.38 bits per heavy atom. The molecule has 0 saturated carbocycles. The molecule has 0 aliphatic rings. The van der Waals surface area contributed by atoms with Gasteiger partial charge >= 0.3 is 5.97 Å². The molecule has 2 heterocycles. The van der Waals surface area contributed by atoms with E-state index in [0.717, 1.165) is 28.2 Å². The summed E-state index contributed by atoms with van der Waals surface area (Å²) in [5.41, 5.74) is 5.14. The highest BCUT2D eigenvalue weighted by atomic mass is 16.5. The van der Waals surface area contributed by atoms with Gasteiger partial charge in [-0.1, -0.05) is 48.0 Å². The number of rotatable bonds is 7. The highest BCUT2D eigenvalue weighted by molar-refractivity contribution is 5.93. The van der Waals surface area contributed by atoms with Crippen LogP contribution in [0.25, 0.3) is 5.69 Å². The van der Waals surface area contributed by atoms with Crippen molar-refractivity contribution in [1.29, 1.82) is 0 Å². The van der Waals surface area contributed by atoms with Crippen LogP contribution < -0.4 is 5.32 Å². The van der Waals surface area contributed by atoms with E-state index in [0.29, 0.717) is 11.4 Å². The van der Waals surface area contributed by atoms with Crippen LogP contribution >= 0.6 is 0 Å². The van der Waals surface area contributed by atoms with Gasteiger partial charge in [-0.2, -0.15) is 0 Å². The zero-order valence-electron chi connectivity index (χ0n) is 19.8. The number of nitrogens with one attached hydrogen (secondary N) is 1. The number of esters is 1. The van der Waals surface area contributed by atoms with Gasteiger partial charge < -0.3 is 19.2 Å². The van der Waals surface area contributed by atoms with E-state index in [2.05, 4.69) is 10.3 Å². The van der Waals surface area contributed by atoms with Crippen LogP contribution in [0, 0.1) is 20.8 Å². The molecule has 0 aliphatic heterocycles. The summed E-state index contributed by atoms with van der Waals surface area (Å²) < 4.78 is 9.24. The first-order valence-corrected chi connectivity index (χ1v) is 11.1. The van der Waals surface area contributed by atoms with Crippen molar-refractivity contribution < 1.29 is 14.3 Å². The van der Waals surface area contributed by atoms with E-state index < -0.39 is 17.9 Å². The Balaban J connectivity index is 1.46. The van der Waals surface area contributed by atoms with Gasteiger partial charge in [0.15, 0.2) is 6.61 Å². The van der Waals surface area contributed by atoms with Crippen LogP contribution in [0.4, 0.5) is 0 Å². The van der Waals surface area contributed by atoms with Crippen LogP contribution in [0.2, 0.25) is 0 Å². The Morgan fingerprint density at radius 2 is 1.74 bits per heavy atom. The second-order valence-corrected chi connectivity index (χ2v) is 8.34. The minimum Gasteiger partial charge on any atom is -0.452 e. The summed E-state index contributed by atoms with van der Waals surface area (Å²) in [6, 6.07) is 19.0. The van der Waals surface area contributed by atoms with Gasteiger partial charge in [-0.3, -0.25) is 4.79 Å². The fraction of sp³-hybridized carbons (Fsp3) is 0.222. The van der Waals surface area contributed by atoms with Crippen molar-refractivity contribution in [3.8, 4) is 5.69 Å². The summed E-state index contributed by atoms with van der Waals surface area (Å²) >= 11 is 0. The summed E-state index contributed by atoms with van der Waals surface area (Å²) in [5, 5.41) is 2.94. The Bertz CT molecular complexity index is 1300. The third kappa shape index (κ3) is 4.78. The quantitative estimate of drug-likeness (QED) is 0.423. The molecule has 4 aromatic rings. The topological polar surface area (TPSA) is 78.2 Å². The number of aromatic nitrogens is 3. The Kier molecular flexibility index (Phi) is 6.63. The molecule has 1 N–H and O–H groups in total. The molecule has 1 atom stereocenters. The van der Waals surface area contributed by atoms with Gasteiger partial charge in [-0.05, 0) is 44.5 Å². The smallest absolute Gasteiger partial charge is 0.340 e. The number of ether oxygens (including phenoxy) is 1. The van der Waals surface area contributed by atoms with Gasteiger partial charge in [0, 0.05) is 36.5 Å². The third-order valence-electron chi connectivity index (χ3n) is 5.83. The van der Waals surface area contributed by atoms with Crippen molar-refractivity contribution in [2.24, 2.45) is 7.05 Å². The van der Waals surface area contributed by atoms with Crippen molar-refractivity contribution >= 4 is 11.9 Å². The van der Waals surface area contributed by atoms with Crippen molar-refractivity contribution in [2.45, 2.75) is 26.8 Å². The van der Waals surface area contributed by atoms with E-state index in [1.165, 1.54) is 0 Å². The summed E-state index contributed by atoms with van der Waals surface area (Å²) in [6.07, 6.45) is 3.50. The molecule has 0 fully saturated rings. The molecule has 0 saturated heterocycles. The number of benzene rings is 2. The van der Waals surface area contributed by atoms with E-state index in [-0.39, 0.29) is 6.61 Å². The summed E-state index contributed by atoms with van der Waals surface area (Å²) in [4.78, 5) is 30.0. The predicted octanol–water partition coefficient (Wildman–Crippen LogP) is 4.20. The largest absolute Gasteiger partial charge is 0.452 e. The number of hydrogen-bond donors (Lipinski definition) is 1. The van der Waals surface area contributed by atoms with Crippen molar-refractivity contribution in [3.63, 3.8) is 0 Å². The van der Waals surface area contributed by atoms with Crippen molar-refractivity contribution in [3.05, 3.63) is 107 Å². The average molecular weight is 457 g/mol. The second-order valence-electron chi connectivity index (χ2n) is 8.34. The third-order valence-corrected chi connectivity index (χ3v) is 5.83. The lowest BCUT2D eigenvalue weighted by molar-refractivity contribution is -0.124. The zero-order chi connectivity index (χ0) is 24.2. The molecule has 2 aromatic carbocycles. The lowest BCUT2D eigenvalue weighted by atomic mass is 10.1. The maximum absolute atomic E-state index is 12.8. The zero-order valence-corrected chi connectivity index (χ0v) is 19.8. The van der Waals surface area contributed by atoms with Crippen LogP contribution in [0.15, 0.2) is 73.1 Å². The van der Waals surface area contributed by atoms with Crippen LogP contribution in [0.1, 0.15) is 44.7 Å². The number of aryl methyl sites for hydroxylation is 3. The second kappa shape index (κ2) is 9.79. The predicted molar refractivity (Wildman–Crippen MR) is 130 cm³/mol. The number of carbonyl (C=O) groups is 2. The van der Waals surface area contributed by atoms with E-state index in [1.54, 1.807) is 12.3 Å². The number of amides is 1. The highest BCUT2D eigenvalue weighted by Crippen LogP contribution is 2.23. The molecule has 7 heteroatoms. The van der Waals surface area contributed by atoms with Crippen LogP contribution in [0.3, 0.4) is 0 Å². The minimum atomic E-state index is -0.533. The van der Waals surface area contributed by atoms with Gasteiger partial charge in [0.1, 0.15) is 11.9 Å². The number of hydrogen-bond acceptors (Lipinski definition) is 4. The van der Waals surface area contributed by atoms with Gasteiger partial charge in [-0.25, -0.2) is 9.78 Å². The molecule has 174 valence electrons. The molecule has 34 heavy (non-hydrogen) atoms. The van der Waals surface area contributed by atoms with Crippen LogP contribution in [0.5, 0.6) is 0 Å². The van der Waals surface area contributed by atoms with Crippen molar-refractivity contribution in [2.75, 3.05) is 6.61 Å². The summed E-state index contributed by atoms with van der Waals surface area (Å²) in [6.45, 7) is 5.45. The van der Waals surface area contributed by atoms with Crippen LogP contribution in [-0.4, -0.2) is 32.6 Å². The fourth-order valence-electron chi connectivity index (χ4n) is 4.07. The SMILES string of the molecule is Cc1ccc(-n2c(C)cc(C(=O)OCC(=O)NC(c3ccccc3)c3nccn3C)c2C)cc1. The summed E-state index contributed by atoms with van der Waals surface area (Å²) in [7, 11) is 1.87. The minimum absolute atomic E-state index is 0.388. The van der Waals surface area contributed by atoms with Gasteiger partial charge in [0.05, 0.1) is 5.56 Å². The standard InChI is InChI=1S/C27H28N4O3/c1-18-10-12-22(13-11-18)31-19(2)16-23(20(31)3)27(33)34-17-24(32)29-25(21-8-6-5-7-9-21)26-28-14-15-30(26)4/h5-16,25H,17H2,1-4H3,(H,29,32). The molecule has 1 unspecified atom stereocenters. The fourth-order valence-corrected chi connectivity index (χ4v) is 4.07. The monoisotopic (exact) mass is 456 g/mol. The summed E-state index contributed by atoms with van der Waals surface area (Å²) in [5.74, 6) is -0.250. The van der Waals surface area contributed by atoms with E-state index in [1.807, 2.05) is 97.7 Å². The molecule has 0 bridgehead atoms. The Hall–Kier alpha value is -4.13. The molecular formula is C27H28N4O3. The average Bonchev–Trinajstić information content (AvgIpc) is 3.39. The highest BCUT2D eigenvalue weighted by Gasteiger charge is 2.23. The first-order chi connectivity index (χ1) is 16.3. The van der Waals surface area contributed by atoms with E-state index >= 15 is 0 Å². The molecule has 2 aromatic heterocycles. The van der Waals surface area contributed by atoms with Crippen molar-refractivity contribution in [1.82, 2.24) is 19.4 Å². The Labute approximate surface area is 199 Å². The molecule has 7 nitrogen and oxygen atoms in total. The van der Waals surface area contributed by atoms with Gasteiger partial charge in [0.25, 0.3) is 5.91 Å². The van der Waals surface area contributed by atoms with E-state index in [4.69, 9.17) is 4.74 Å². The van der Waals surface area contributed by atoms with Gasteiger partial charge in [-0.15, -0.1) is 0 Å². The lowest BCUT2D eigenvalue weighted by Gasteiger charge is -2.19. The molecule has 0 spiro atoms. The van der Waals surface area contributed by atoms with Crippen LogP contribution in [-0.2, 0) is 16.6 Å². The molecular weight excluding hydrogens is 428 g/mol. The Morgan fingerprint density at radius 1 is 1.03 bits per heavy atom.